The molecule has 102 valence electrons. The molecule has 0 heterocycles. The van der Waals surface area contributed by atoms with E-state index in [0.717, 1.165) is 5.56 Å². The van der Waals surface area contributed by atoms with Gasteiger partial charge in [-0.2, -0.15) is 5.26 Å². The van der Waals surface area contributed by atoms with Gasteiger partial charge >= 0.3 is 0 Å². The van der Waals surface area contributed by atoms with Crippen molar-refractivity contribution in [1.29, 1.82) is 5.26 Å². The van der Waals surface area contributed by atoms with Crippen molar-refractivity contribution < 1.29 is 9.13 Å². The normalized spacial score (nSPS) is 11.7. The fourth-order valence-corrected chi connectivity index (χ4v) is 1.83. The standard InChI is InChI=1S/C16H15FN2O/c1-11(19)14-2-4-16(5-3-14)20-10-13-6-12(9-18)7-15(17)8-13/h2-8,11H,10,19H2,1H3. The summed E-state index contributed by atoms with van der Waals surface area (Å²) in [6.45, 7) is 2.12. The van der Waals surface area contributed by atoms with E-state index in [9.17, 15) is 4.39 Å². The van der Waals surface area contributed by atoms with E-state index in [1.807, 2.05) is 37.3 Å². The summed E-state index contributed by atoms with van der Waals surface area (Å²) in [5, 5.41) is 8.78. The Bertz CT molecular complexity index is 630. The van der Waals surface area contributed by atoms with Crippen LogP contribution in [0, 0.1) is 17.1 Å². The summed E-state index contributed by atoms with van der Waals surface area (Å²) in [5.41, 5.74) is 7.70. The van der Waals surface area contributed by atoms with E-state index in [-0.39, 0.29) is 18.2 Å². The topological polar surface area (TPSA) is 59.0 Å². The zero-order chi connectivity index (χ0) is 14.5. The Morgan fingerprint density at radius 3 is 2.55 bits per heavy atom. The predicted molar refractivity (Wildman–Crippen MR) is 74.5 cm³/mol. The van der Waals surface area contributed by atoms with E-state index in [4.69, 9.17) is 15.7 Å². The molecule has 0 amide bonds. The van der Waals surface area contributed by atoms with Crippen LogP contribution in [0.2, 0.25) is 0 Å². The summed E-state index contributed by atoms with van der Waals surface area (Å²) in [4.78, 5) is 0. The molecule has 0 aromatic heterocycles. The minimum Gasteiger partial charge on any atom is -0.489 e. The smallest absolute Gasteiger partial charge is 0.124 e. The molecule has 0 radical (unpaired) electrons. The van der Waals surface area contributed by atoms with Gasteiger partial charge in [0, 0.05) is 6.04 Å². The van der Waals surface area contributed by atoms with Crippen molar-refractivity contribution >= 4 is 0 Å². The van der Waals surface area contributed by atoms with E-state index in [1.54, 1.807) is 6.07 Å². The third kappa shape index (κ3) is 3.56. The number of nitrogens with two attached hydrogens (primary N) is 1. The molecule has 2 rings (SSSR count). The van der Waals surface area contributed by atoms with Crippen molar-refractivity contribution in [2.45, 2.75) is 19.6 Å². The summed E-state index contributed by atoms with van der Waals surface area (Å²) >= 11 is 0. The fourth-order valence-electron chi connectivity index (χ4n) is 1.83. The van der Waals surface area contributed by atoms with Crippen molar-refractivity contribution in [1.82, 2.24) is 0 Å². The van der Waals surface area contributed by atoms with E-state index in [1.165, 1.54) is 12.1 Å². The van der Waals surface area contributed by atoms with Gasteiger partial charge in [-0.1, -0.05) is 12.1 Å². The highest BCUT2D eigenvalue weighted by Crippen LogP contribution is 2.18. The van der Waals surface area contributed by atoms with Gasteiger partial charge in [-0.3, -0.25) is 0 Å². The number of ether oxygens (including phenoxy) is 1. The molecule has 0 saturated carbocycles. The molecule has 20 heavy (non-hydrogen) atoms. The minimum absolute atomic E-state index is 0.0227. The second-order valence-corrected chi connectivity index (χ2v) is 4.61. The van der Waals surface area contributed by atoms with E-state index in [2.05, 4.69) is 0 Å². The highest BCUT2D eigenvalue weighted by atomic mass is 19.1. The summed E-state index contributed by atoms with van der Waals surface area (Å²) < 4.78 is 18.8. The molecule has 0 fully saturated rings. The maximum Gasteiger partial charge on any atom is 0.124 e. The molecule has 1 unspecified atom stereocenters. The molecular weight excluding hydrogens is 255 g/mol. The fraction of sp³-hybridized carbons (Fsp3) is 0.188. The van der Waals surface area contributed by atoms with Crippen LogP contribution in [-0.2, 0) is 6.61 Å². The van der Waals surface area contributed by atoms with Crippen molar-refractivity contribution in [3.8, 4) is 11.8 Å². The average Bonchev–Trinajstić information content (AvgIpc) is 2.45. The SMILES string of the molecule is CC(N)c1ccc(OCc2cc(F)cc(C#N)c2)cc1. The van der Waals surface area contributed by atoms with Crippen molar-refractivity contribution in [3.63, 3.8) is 0 Å². The Balaban J connectivity index is 2.05. The molecule has 0 spiro atoms. The molecule has 2 aromatic carbocycles. The first-order valence-corrected chi connectivity index (χ1v) is 6.26. The van der Waals surface area contributed by atoms with Crippen molar-refractivity contribution in [2.75, 3.05) is 0 Å². The molecular formula is C16H15FN2O. The molecule has 0 bridgehead atoms. The lowest BCUT2D eigenvalue weighted by atomic mass is 10.1. The van der Waals surface area contributed by atoms with Crippen LogP contribution in [0.15, 0.2) is 42.5 Å². The lowest BCUT2D eigenvalue weighted by molar-refractivity contribution is 0.305. The first-order valence-electron chi connectivity index (χ1n) is 6.26. The molecule has 0 aliphatic rings. The lowest BCUT2D eigenvalue weighted by Crippen LogP contribution is -2.04. The van der Waals surface area contributed by atoms with Gasteiger partial charge in [0.2, 0.25) is 0 Å². The number of nitrogens with zero attached hydrogens (tertiary/aromatic N) is 1. The van der Waals surface area contributed by atoms with Gasteiger partial charge in [-0.25, -0.2) is 4.39 Å². The number of hydrogen-bond donors (Lipinski definition) is 1. The second-order valence-electron chi connectivity index (χ2n) is 4.61. The Morgan fingerprint density at radius 2 is 1.95 bits per heavy atom. The Morgan fingerprint density at radius 1 is 1.25 bits per heavy atom. The predicted octanol–water partition coefficient (Wildman–Crippen LogP) is 3.30. The van der Waals surface area contributed by atoms with E-state index >= 15 is 0 Å². The van der Waals surface area contributed by atoms with E-state index < -0.39 is 5.82 Å². The van der Waals surface area contributed by atoms with Gasteiger partial charge in [0.05, 0.1) is 11.6 Å². The third-order valence-electron chi connectivity index (χ3n) is 2.90. The maximum absolute atomic E-state index is 13.3. The zero-order valence-electron chi connectivity index (χ0n) is 11.1. The van der Waals surface area contributed by atoms with Crippen molar-refractivity contribution in [2.24, 2.45) is 5.73 Å². The summed E-state index contributed by atoms with van der Waals surface area (Å²) in [5.74, 6) is 0.243. The first kappa shape index (κ1) is 14.0. The van der Waals surface area contributed by atoms with Crippen LogP contribution in [-0.4, -0.2) is 0 Å². The Kier molecular flexibility index (Phi) is 4.34. The number of nitriles is 1. The van der Waals surface area contributed by atoms with Crippen LogP contribution in [0.3, 0.4) is 0 Å². The maximum atomic E-state index is 13.3. The Labute approximate surface area is 117 Å². The molecule has 1 atom stereocenters. The molecule has 4 heteroatoms. The largest absolute Gasteiger partial charge is 0.489 e. The quantitative estimate of drug-likeness (QED) is 0.927. The lowest BCUT2D eigenvalue weighted by Gasteiger charge is -2.09. The molecule has 0 aliphatic carbocycles. The van der Waals surface area contributed by atoms with Crippen LogP contribution in [0.5, 0.6) is 5.75 Å². The summed E-state index contributed by atoms with van der Waals surface area (Å²) in [6.07, 6.45) is 0. The second kappa shape index (κ2) is 6.18. The Hall–Kier alpha value is -2.38. The molecule has 2 N–H and O–H groups in total. The third-order valence-corrected chi connectivity index (χ3v) is 2.90. The monoisotopic (exact) mass is 270 g/mol. The highest BCUT2D eigenvalue weighted by molar-refractivity contribution is 5.34. The first-order chi connectivity index (χ1) is 9.58. The molecule has 3 nitrogen and oxygen atoms in total. The van der Waals surface area contributed by atoms with Crippen molar-refractivity contribution in [3.05, 3.63) is 65.0 Å². The van der Waals surface area contributed by atoms with Gasteiger partial charge in [0.15, 0.2) is 0 Å². The van der Waals surface area contributed by atoms with Crippen LogP contribution < -0.4 is 10.5 Å². The number of rotatable bonds is 4. The van der Waals surface area contributed by atoms with Crippen LogP contribution in [0.4, 0.5) is 4.39 Å². The van der Waals surface area contributed by atoms with Gasteiger partial charge in [-0.15, -0.1) is 0 Å². The average molecular weight is 270 g/mol. The van der Waals surface area contributed by atoms with Crippen LogP contribution >= 0.6 is 0 Å². The number of hydrogen-bond acceptors (Lipinski definition) is 3. The van der Waals surface area contributed by atoms with Crippen LogP contribution in [0.25, 0.3) is 0 Å². The summed E-state index contributed by atoms with van der Waals surface area (Å²) in [6, 6.07) is 13.5. The van der Waals surface area contributed by atoms with Gasteiger partial charge < -0.3 is 10.5 Å². The number of benzene rings is 2. The molecule has 2 aromatic rings. The summed E-state index contributed by atoms with van der Waals surface area (Å²) in [7, 11) is 0. The van der Waals surface area contributed by atoms with Crippen LogP contribution in [0.1, 0.15) is 29.7 Å². The molecule has 0 saturated heterocycles. The van der Waals surface area contributed by atoms with E-state index in [0.29, 0.717) is 11.3 Å². The number of halogens is 1. The zero-order valence-corrected chi connectivity index (χ0v) is 11.1. The highest BCUT2D eigenvalue weighted by Gasteiger charge is 2.03. The molecule has 0 aliphatic heterocycles. The van der Waals surface area contributed by atoms with Gasteiger partial charge in [0.1, 0.15) is 18.2 Å². The van der Waals surface area contributed by atoms with Gasteiger partial charge in [0.25, 0.3) is 0 Å². The minimum atomic E-state index is -0.435. The van der Waals surface area contributed by atoms with Gasteiger partial charge in [-0.05, 0) is 48.4 Å².